The number of thioether (sulfide) groups is 1. The fourth-order valence-electron chi connectivity index (χ4n) is 5.27. The van der Waals surface area contributed by atoms with Gasteiger partial charge in [-0.2, -0.15) is 5.10 Å². The van der Waals surface area contributed by atoms with Crippen LogP contribution in [0, 0.1) is 0 Å². The highest BCUT2D eigenvalue weighted by molar-refractivity contribution is 8.14. The minimum Gasteiger partial charge on any atom is -0.454 e. The lowest BCUT2D eigenvalue weighted by Crippen LogP contribution is -2.42. The molecule has 11 heteroatoms. The van der Waals surface area contributed by atoms with E-state index in [-0.39, 0.29) is 30.0 Å². The summed E-state index contributed by atoms with van der Waals surface area (Å²) in [6, 6.07) is 11.1. The Labute approximate surface area is 244 Å². The summed E-state index contributed by atoms with van der Waals surface area (Å²) >= 11 is 1.04. The number of rotatable bonds is 7. The molecule has 10 nitrogen and oxygen atoms in total. The number of fused-ring (bicyclic) bond motifs is 2. The molecule has 41 heavy (non-hydrogen) atoms. The SMILES string of the molecule is CCN(CC)CCOC(=O)N1N=C(c2ccc3c(c2)C(C)(C)CCN3C(=O)c2ccc3c(c2)OCO3)C(C)SC1=O. The summed E-state index contributed by atoms with van der Waals surface area (Å²) in [6.45, 7) is 13.5. The predicted molar refractivity (Wildman–Crippen MR) is 158 cm³/mol. The van der Waals surface area contributed by atoms with Crippen molar-refractivity contribution in [2.45, 2.75) is 51.7 Å². The molecule has 0 fully saturated rings. The predicted octanol–water partition coefficient (Wildman–Crippen LogP) is 5.48. The van der Waals surface area contributed by atoms with Crippen molar-refractivity contribution in [3.63, 3.8) is 0 Å². The van der Waals surface area contributed by atoms with E-state index in [1.54, 1.807) is 23.1 Å². The number of anilines is 1. The number of ether oxygens (including phenoxy) is 3. The van der Waals surface area contributed by atoms with Gasteiger partial charge in [-0.15, -0.1) is 5.01 Å². The highest BCUT2D eigenvalue weighted by Gasteiger charge is 2.37. The summed E-state index contributed by atoms with van der Waals surface area (Å²) in [6.07, 6.45) is -0.0159. The van der Waals surface area contributed by atoms with Crippen LogP contribution in [0.4, 0.5) is 15.3 Å². The largest absolute Gasteiger partial charge is 0.454 e. The zero-order valence-electron chi connectivity index (χ0n) is 24.1. The normalized spacial score (nSPS) is 19.2. The smallest absolute Gasteiger partial charge is 0.438 e. The van der Waals surface area contributed by atoms with Crippen LogP contribution in [-0.4, -0.2) is 77.7 Å². The Morgan fingerprint density at radius 1 is 1.12 bits per heavy atom. The van der Waals surface area contributed by atoms with Crippen LogP contribution >= 0.6 is 11.8 Å². The Morgan fingerprint density at radius 2 is 1.88 bits per heavy atom. The van der Waals surface area contributed by atoms with E-state index in [0.717, 1.165) is 53.1 Å². The quantitative estimate of drug-likeness (QED) is 0.424. The number of hydrazone groups is 1. The van der Waals surface area contributed by atoms with E-state index in [9.17, 15) is 14.4 Å². The summed E-state index contributed by atoms with van der Waals surface area (Å²) in [7, 11) is 0. The lowest BCUT2D eigenvalue weighted by Gasteiger charge is -2.39. The van der Waals surface area contributed by atoms with E-state index in [1.807, 2.05) is 39.0 Å². The van der Waals surface area contributed by atoms with Crippen molar-refractivity contribution in [2.24, 2.45) is 5.10 Å². The Morgan fingerprint density at radius 3 is 2.63 bits per heavy atom. The first-order chi connectivity index (χ1) is 19.6. The molecule has 1 atom stereocenters. The van der Waals surface area contributed by atoms with Crippen molar-refractivity contribution in [3.8, 4) is 11.5 Å². The van der Waals surface area contributed by atoms with Gasteiger partial charge in [-0.05, 0) is 73.3 Å². The fraction of sp³-hybridized carbons (Fsp3) is 0.467. The molecule has 2 aromatic carbocycles. The summed E-state index contributed by atoms with van der Waals surface area (Å²) in [5, 5.41) is 4.56. The first kappa shape index (κ1) is 28.9. The van der Waals surface area contributed by atoms with Crippen molar-refractivity contribution in [2.75, 3.05) is 44.5 Å². The van der Waals surface area contributed by atoms with Gasteiger partial charge in [-0.25, -0.2) is 4.79 Å². The van der Waals surface area contributed by atoms with Gasteiger partial charge >= 0.3 is 11.3 Å². The van der Waals surface area contributed by atoms with Gasteiger partial charge in [0.2, 0.25) is 6.79 Å². The van der Waals surface area contributed by atoms with Gasteiger partial charge < -0.3 is 24.0 Å². The van der Waals surface area contributed by atoms with Crippen LogP contribution in [0.5, 0.6) is 11.5 Å². The highest BCUT2D eigenvalue weighted by atomic mass is 32.2. The molecule has 2 aromatic rings. The van der Waals surface area contributed by atoms with Crippen molar-refractivity contribution in [3.05, 3.63) is 53.1 Å². The maximum absolute atomic E-state index is 13.6. The van der Waals surface area contributed by atoms with Crippen LogP contribution in [0.1, 0.15) is 62.5 Å². The zero-order valence-corrected chi connectivity index (χ0v) is 25.0. The third kappa shape index (κ3) is 5.78. The minimum absolute atomic E-state index is 0.115. The van der Waals surface area contributed by atoms with Gasteiger partial charge in [0.05, 0.1) is 11.0 Å². The van der Waals surface area contributed by atoms with Crippen LogP contribution in [0.25, 0.3) is 0 Å². The second-order valence-corrected chi connectivity index (χ2v) is 12.1. The van der Waals surface area contributed by atoms with Gasteiger partial charge in [0.25, 0.3) is 5.91 Å². The number of likely N-dealkylation sites (N-methyl/N-ethyl adjacent to an activating group) is 1. The van der Waals surface area contributed by atoms with Crippen LogP contribution in [0.2, 0.25) is 0 Å². The summed E-state index contributed by atoms with van der Waals surface area (Å²) in [5.74, 6) is 1.08. The number of hydrogen-bond acceptors (Lipinski definition) is 9. The molecule has 0 radical (unpaired) electrons. The van der Waals surface area contributed by atoms with E-state index in [1.165, 1.54) is 0 Å². The van der Waals surface area contributed by atoms with Gasteiger partial charge in [0, 0.05) is 24.3 Å². The zero-order chi connectivity index (χ0) is 29.3. The Bertz CT molecular complexity index is 1390. The second-order valence-electron chi connectivity index (χ2n) is 10.9. The van der Waals surface area contributed by atoms with E-state index in [0.29, 0.717) is 35.9 Å². The summed E-state index contributed by atoms with van der Waals surface area (Å²) in [4.78, 5) is 43.1. The molecule has 3 aliphatic rings. The standard InChI is InChI=1S/C30H36N4O6S/c1-6-32(7-2)14-15-38-28(36)34-29(37)41-19(3)26(31-34)20-8-10-23-22(16-20)30(4,5)12-13-33(23)27(35)21-9-11-24-25(17-21)40-18-39-24/h8-11,16-17,19H,6-7,12-15,18H2,1-5H3. The summed E-state index contributed by atoms with van der Waals surface area (Å²) in [5.41, 5.74) is 3.55. The van der Waals surface area contributed by atoms with Crippen LogP contribution in [0.3, 0.4) is 0 Å². The fourth-order valence-corrected chi connectivity index (χ4v) is 6.09. The molecular formula is C30H36N4O6S. The van der Waals surface area contributed by atoms with Gasteiger partial charge in [0.15, 0.2) is 11.5 Å². The molecule has 0 N–H and O–H groups in total. The Balaban J connectivity index is 1.41. The maximum Gasteiger partial charge on any atom is 0.438 e. The van der Waals surface area contributed by atoms with E-state index < -0.39 is 11.3 Å². The number of carbonyl (C=O) groups excluding carboxylic acids is 3. The van der Waals surface area contributed by atoms with E-state index >= 15 is 0 Å². The molecule has 0 aromatic heterocycles. The number of nitrogens with zero attached hydrogens (tertiary/aromatic N) is 4. The molecule has 3 heterocycles. The number of hydrogen-bond donors (Lipinski definition) is 0. The average molecular weight is 581 g/mol. The molecule has 0 aliphatic carbocycles. The third-order valence-electron chi connectivity index (χ3n) is 7.88. The van der Waals surface area contributed by atoms with E-state index in [2.05, 4.69) is 23.8 Å². The van der Waals surface area contributed by atoms with Crippen LogP contribution < -0.4 is 14.4 Å². The molecule has 0 saturated heterocycles. The molecule has 0 bridgehead atoms. The molecule has 3 aliphatic heterocycles. The Kier molecular flexibility index (Phi) is 8.28. The maximum atomic E-state index is 13.6. The first-order valence-electron chi connectivity index (χ1n) is 14.0. The molecule has 0 spiro atoms. The molecular weight excluding hydrogens is 544 g/mol. The molecule has 1 unspecified atom stereocenters. The summed E-state index contributed by atoms with van der Waals surface area (Å²) < 4.78 is 16.3. The van der Waals surface area contributed by atoms with Crippen molar-refractivity contribution < 1.29 is 28.6 Å². The van der Waals surface area contributed by atoms with Crippen molar-refractivity contribution >= 4 is 40.4 Å². The first-order valence-corrected chi connectivity index (χ1v) is 14.9. The number of imide groups is 1. The molecule has 0 saturated carbocycles. The monoisotopic (exact) mass is 580 g/mol. The number of amides is 3. The van der Waals surface area contributed by atoms with Crippen LogP contribution in [-0.2, 0) is 10.2 Å². The van der Waals surface area contributed by atoms with Gasteiger partial charge in [-0.1, -0.05) is 45.5 Å². The Hall–Kier alpha value is -3.57. The van der Waals surface area contributed by atoms with Gasteiger partial charge in [0.1, 0.15) is 6.61 Å². The molecule has 3 amide bonds. The van der Waals surface area contributed by atoms with Crippen molar-refractivity contribution in [1.29, 1.82) is 0 Å². The van der Waals surface area contributed by atoms with Crippen LogP contribution in [0.15, 0.2) is 41.5 Å². The number of carbonyl (C=O) groups is 3. The lowest BCUT2D eigenvalue weighted by molar-refractivity contribution is 0.0980. The topological polar surface area (TPSA) is 101 Å². The molecule has 5 rings (SSSR count). The highest BCUT2D eigenvalue weighted by Crippen LogP contribution is 2.42. The third-order valence-corrected chi connectivity index (χ3v) is 8.83. The average Bonchev–Trinajstić information content (AvgIpc) is 3.43. The van der Waals surface area contributed by atoms with E-state index in [4.69, 9.17) is 14.2 Å². The number of benzene rings is 2. The van der Waals surface area contributed by atoms with Gasteiger partial charge in [-0.3, -0.25) is 9.59 Å². The molecule has 218 valence electrons. The lowest BCUT2D eigenvalue weighted by atomic mass is 9.76. The minimum atomic E-state index is -0.780. The van der Waals surface area contributed by atoms with Crippen molar-refractivity contribution in [1.82, 2.24) is 9.91 Å². The second kappa shape index (κ2) is 11.7.